The molecule has 0 bridgehead atoms. The van der Waals surface area contributed by atoms with Crippen LogP contribution >= 0.6 is 0 Å². The van der Waals surface area contributed by atoms with Crippen molar-refractivity contribution >= 4 is 17.3 Å². The Morgan fingerprint density at radius 1 is 1.10 bits per heavy atom. The fourth-order valence-corrected chi connectivity index (χ4v) is 1.61. The number of halogens is 3. The highest BCUT2D eigenvalue weighted by Gasteiger charge is 2.19. The first-order chi connectivity index (χ1) is 9.38. The molecular formula is C13H9F3N2O2. The lowest BCUT2D eigenvalue weighted by Crippen LogP contribution is -2.17. The number of nitrogens with one attached hydrogen (secondary N) is 1. The van der Waals surface area contributed by atoms with E-state index in [1.165, 1.54) is 12.1 Å². The van der Waals surface area contributed by atoms with E-state index in [1.54, 1.807) is 0 Å². The molecule has 2 aromatic carbocycles. The normalized spacial score (nSPS) is 10.3. The molecule has 0 unspecified atom stereocenters. The van der Waals surface area contributed by atoms with Crippen LogP contribution in [0.4, 0.5) is 24.5 Å². The Labute approximate surface area is 111 Å². The van der Waals surface area contributed by atoms with Crippen LogP contribution in [0.1, 0.15) is 10.4 Å². The molecular weight excluding hydrogens is 273 g/mol. The van der Waals surface area contributed by atoms with E-state index in [-0.39, 0.29) is 17.1 Å². The molecule has 2 aromatic rings. The number of nitrogens with two attached hydrogens (primary N) is 1. The van der Waals surface area contributed by atoms with Gasteiger partial charge in [0.15, 0.2) is 0 Å². The van der Waals surface area contributed by atoms with Crippen molar-refractivity contribution in [1.82, 2.24) is 0 Å². The molecule has 4 nitrogen and oxygen atoms in total. The Kier molecular flexibility index (Phi) is 3.51. The first kappa shape index (κ1) is 13.7. The maximum atomic E-state index is 13.4. The average molecular weight is 282 g/mol. The predicted molar refractivity (Wildman–Crippen MR) is 66.8 cm³/mol. The van der Waals surface area contributed by atoms with Crippen LogP contribution in [0.2, 0.25) is 0 Å². The molecule has 4 N–H and O–H groups in total. The lowest BCUT2D eigenvalue weighted by molar-refractivity contribution is 0.101. The minimum atomic E-state index is -1.32. The molecule has 104 valence electrons. The number of carbonyl (C=O) groups excluding carboxylic acids is 1. The Balaban J connectivity index is 2.33. The first-order valence-corrected chi connectivity index (χ1v) is 5.43. The second-order valence-corrected chi connectivity index (χ2v) is 3.97. The molecule has 0 saturated heterocycles. The van der Waals surface area contributed by atoms with Crippen molar-refractivity contribution < 1.29 is 23.1 Å². The van der Waals surface area contributed by atoms with Gasteiger partial charge in [-0.3, -0.25) is 4.79 Å². The number of aromatic hydroxyl groups is 1. The number of benzene rings is 2. The molecule has 0 aliphatic heterocycles. The van der Waals surface area contributed by atoms with Gasteiger partial charge in [-0.2, -0.15) is 0 Å². The van der Waals surface area contributed by atoms with E-state index in [0.717, 1.165) is 6.07 Å². The Morgan fingerprint density at radius 3 is 2.25 bits per heavy atom. The lowest BCUT2D eigenvalue weighted by atomic mass is 10.1. The molecule has 0 saturated carbocycles. The number of phenols is 1. The Hall–Kier alpha value is -2.70. The number of hydrogen-bond donors (Lipinski definition) is 3. The van der Waals surface area contributed by atoms with Crippen LogP contribution in [0.3, 0.4) is 0 Å². The number of anilines is 2. The van der Waals surface area contributed by atoms with Gasteiger partial charge in [0.25, 0.3) is 5.91 Å². The lowest BCUT2D eigenvalue weighted by Gasteiger charge is -2.09. The molecule has 1 amide bonds. The number of nitrogen functional groups attached to an aromatic ring is 1. The molecule has 0 aliphatic carbocycles. The number of amides is 1. The largest absolute Gasteiger partial charge is 0.508 e. The third-order valence-corrected chi connectivity index (χ3v) is 2.52. The smallest absolute Gasteiger partial charge is 0.261 e. The van der Waals surface area contributed by atoms with Gasteiger partial charge in [0.2, 0.25) is 0 Å². The third kappa shape index (κ3) is 2.66. The van der Waals surface area contributed by atoms with Crippen molar-refractivity contribution in [3.63, 3.8) is 0 Å². The Bertz CT molecular complexity index is 666. The van der Waals surface area contributed by atoms with E-state index in [1.807, 2.05) is 0 Å². The highest BCUT2D eigenvalue weighted by molar-refractivity contribution is 6.06. The molecule has 0 radical (unpaired) electrons. The minimum Gasteiger partial charge on any atom is -0.508 e. The van der Waals surface area contributed by atoms with E-state index >= 15 is 0 Å². The molecule has 7 heteroatoms. The van der Waals surface area contributed by atoms with Crippen LogP contribution < -0.4 is 11.1 Å². The molecule has 0 fully saturated rings. The molecule has 0 aromatic heterocycles. The maximum Gasteiger partial charge on any atom is 0.261 e. The van der Waals surface area contributed by atoms with Gasteiger partial charge in [0, 0.05) is 18.2 Å². The molecule has 0 atom stereocenters. The Morgan fingerprint density at radius 2 is 1.70 bits per heavy atom. The van der Waals surface area contributed by atoms with Gasteiger partial charge >= 0.3 is 0 Å². The van der Waals surface area contributed by atoms with Gasteiger partial charge in [-0.15, -0.1) is 0 Å². The summed E-state index contributed by atoms with van der Waals surface area (Å²) < 4.78 is 39.6. The fourth-order valence-electron chi connectivity index (χ4n) is 1.61. The van der Waals surface area contributed by atoms with Crippen LogP contribution in [0, 0.1) is 17.5 Å². The second-order valence-electron chi connectivity index (χ2n) is 3.97. The van der Waals surface area contributed by atoms with Gasteiger partial charge in [0.05, 0.1) is 11.4 Å². The highest BCUT2D eigenvalue weighted by atomic mass is 19.1. The topological polar surface area (TPSA) is 75.3 Å². The molecule has 0 heterocycles. The standard InChI is InChI=1S/C13H9F3N2O2/c14-6-3-8(15)12(9(16)4-6)13(20)18-11-2-1-7(19)5-10(11)17/h1-5,19H,17H2,(H,18,20). The average Bonchev–Trinajstić information content (AvgIpc) is 2.31. The summed E-state index contributed by atoms with van der Waals surface area (Å²) in [4.78, 5) is 11.8. The highest BCUT2D eigenvalue weighted by Crippen LogP contribution is 2.24. The van der Waals surface area contributed by atoms with Crippen LogP contribution in [0.15, 0.2) is 30.3 Å². The zero-order chi connectivity index (χ0) is 14.9. The molecule has 20 heavy (non-hydrogen) atoms. The summed E-state index contributed by atoms with van der Waals surface area (Å²) in [5, 5.41) is 11.3. The van der Waals surface area contributed by atoms with Crippen LogP contribution in [-0.2, 0) is 0 Å². The van der Waals surface area contributed by atoms with Crippen molar-refractivity contribution in [2.75, 3.05) is 11.1 Å². The molecule has 2 rings (SSSR count). The van der Waals surface area contributed by atoms with Crippen molar-refractivity contribution in [2.45, 2.75) is 0 Å². The van der Waals surface area contributed by atoms with Crippen molar-refractivity contribution in [1.29, 1.82) is 0 Å². The maximum absolute atomic E-state index is 13.4. The number of rotatable bonds is 2. The summed E-state index contributed by atoms with van der Waals surface area (Å²) in [6, 6.07) is 4.47. The molecule has 0 aliphatic rings. The van der Waals surface area contributed by atoms with Gasteiger partial charge in [-0.25, -0.2) is 13.2 Å². The van der Waals surface area contributed by atoms with Crippen LogP contribution in [-0.4, -0.2) is 11.0 Å². The van der Waals surface area contributed by atoms with Crippen molar-refractivity contribution in [2.24, 2.45) is 0 Å². The monoisotopic (exact) mass is 282 g/mol. The van der Waals surface area contributed by atoms with Gasteiger partial charge < -0.3 is 16.2 Å². The van der Waals surface area contributed by atoms with Gasteiger partial charge in [0.1, 0.15) is 28.8 Å². The minimum absolute atomic E-state index is 0.0151. The van der Waals surface area contributed by atoms with Crippen LogP contribution in [0.5, 0.6) is 5.75 Å². The fraction of sp³-hybridized carbons (Fsp3) is 0. The van der Waals surface area contributed by atoms with Crippen molar-refractivity contribution in [3.8, 4) is 5.75 Å². The zero-order valence-electron chi connectivity index (χ0n) is 9.95. The number of carbonyl (C=O) groups is 1. The van der Waals surface area contributed by atoms with E-state index in [4.69, 9.17) is 10.8 Å². The number of phenolic OH excluding ortho intramolecular Hbond substituents is 1. The second kappa shape index (κ2) is 5.12. The van der Waals surface area contributed by atoms with Gasteiger partial charge in [-0.05, 0) is 12.1 Å². The first-order valence-electron chi connectivity index (χ1n) is 5.43. The summed E-state index contributed by atoms with van der Waals surface area (Å²) >= 11 is 0. The summed E-state index contributed by atoms with van der Waals surface area (Å²) in [6.45, 7) is 0. The summed E-state index contributed by atoms with van der Waals surface area (Å²) in [5.74, 6) is -5.01. The number of hydrogen-bond acceptors (Lipinski definition) is 3. The van der Waals surface area contributed by atoms with Gasteiger partial charge in [-0.1, -0.05) is 0 Å². The summed E-state index contributed by atoms with van der Waals surface area (Å²) in [7, 11) is 0. The zero-order valence-corrected chi connectivity index (χ0v) is 9.95. The summed E-state index contributed by atoms with van der Waals surface area (Å²) in [5.41, 5.74) is 4.69. The SMILES string of the molecule is Nc1cc(O)ccc1NC(=O)c1c(F)cc(F)cc1F. The van der Waals surface area contributed by atoms with Crippen LogP contribution in [0.25, 0.3) is 0 Å². The van der Waals surface area contributed by atoms with E-state index in [9.17, 15) is 18.0 Å². The van der Waals surface area contributed by atoms with E-state index in [0.29, 0.717) is 12.1 Å². The van der Waals surface area contributed by atoms with Crippen molar-refractivity contribution in [3.05, 3.63) is 53.3 Å². The quantitative estimate of drug-likeness (QED) is 0.585. The summed E-state index contributed by atoms with van der Waals surface area (Å²) in [6.07, 6.45) is 0. The van der Waals surface area contributed by atoms with E-state index < -0.39 is 28.9 Å². The third-order valence-electron chi connectivity index (χ3n) is 2.52. The molecule has 0 spiro atoms. The van der Waals surface area contributed by atoms with E-state index in [2.05, 4.69) is 5.32 Å². The predicted octanol–water partition coefficient (Wildman–Crippen LogP) is 2.64.